The number of carbonyl (C=O) groups is 1. The van der Waals surface area contributed by atoms with Crippen molar-refractivity contribution in [2.45, 2.75) is 13.0 Å². The maximum atomic E-state index is 12.5. The fourth-order valence-corrected chi connectivity index (χ4v) is 4.06. The number of rotatable bonds is 19. The van der Waals surface area contributed by atoms with Gasteiger partial charge >= 0.3 is 0 Å². The molecule has 12 nitrogen and oxygen atoms in total. The van der Waals surface area contributed by atoms with Crippen LogP contribution in [-0.4, -0.2) is 74.0 Å². The van der Waals surface area contributed by atoms with Crippen molar-refractivity contribution in [1.82, 2.24) is 20.3 Å². The highest BCUT2D eigenvalue weighted by atomic mass is 16.5. The van der Waals surface area contributed by atoms with Crippen LogP contribution in [0.5, 0.6) is 5.75 Å². The van der Waals surface area contributed by atoms with Crippen LogP contribution in [0.25, 0.3) is 0 Å². The van der Waals surface area contributed by atoms with Crippen molar-refractivity contribution >= 4 is 29.4 Å². The third-order valence-corrected chi connectivity index (χ3v) is 6.35. The molecule has 0 bridgehead atoms. The summed E-state index contributed by atoms with van der Waals surface area (Å²) in [4.78, 5) is 26.2. The lowest BCUT2D eigenvalue weighted by molar-refractivity contribution is 0.0511. The van der Waals surface area contributed by atoms with Crippen LogP contribution in [0.4, 0.5) is 23.5 Å². The van der Waals surface area contributed by atoms with Crippen molar-refractivity contribution in [2.24, 2.45) is 5.73 Å². The van der Waals surface area contributed by atoms with E-state index in [2.05, 4.69) is 48.4 Å². The zero-order valence-corrected chi connectivity index (χ0v) is 24.9. The number of anilines is 4. The van der Waals surface area contributed by atoms with E-state index in [9.17, 15) is 4.79 Å². The number of methoxy groups -OCH3 is 1. The summed E-state index contributed by atoms with van der Waals surface area (Å²) in [5.41, 5.74) is 8.90. The summed E-state index contributed by atoms with van der Waals surface area (Å²) >= 11 is 0. The Bertz CT molecular complexity index is 1410. The van der Waals surface area contributed by atoms with Gasteiger partial charge in [0.05, 0.1) is 33.5 Å². The fraction of sp³-hybridized carbons (Fsp3) is 0.312. The second-order valence-corrected chi connectivity index (χ2v) is 9.64. The highest BCUT2D eigenvalue weighted by Crippen LogP contribution is 2.18. The van der Waals surface area contributed by atoms with Crippen LogP contribution >= 0.6 is 0 Å². The molecule has 0 aliphatic heterocycles. The van der Waals surface area contributed by atoms with Gasteiger partial charge in [-0.3, -0.25) is 4.79 Å². The smallest absolute Gasteiger partial charge is 0.251 e. The molecular weight excluding hydrogens is 560 g/mol. The number of carbonyl (C=O) groups excluding carboxylic acids is 1. The first-order chi connectivity index (χ1) is 21.6. The third-order valence-electron chi connectivity index (χ3n) is 6.35. The van der Waals surface area contributed by atoms with Gasteiger partial charge < -0.3 is 41.2 Å². The van der Waals surface area contributed by atoms with E-state index in [4.69, 9.17) is 19.9 Å². The van der Waals surface area contributed by atoms with Gasteiger partial charge in [-0.25, -0.2) is 0 Å². The largest absolute Gasteiger partial charge is 0.497 e. The standard InChI is InChI=1S/C32H40N8O4/c1-42-28-13-7-25(8-14-28)23-36-31-38-30(35-17-15-24-5-3-2-4-6-24)39-32(40-31)37-27-11-9-26(10-12-27)29(41)34-18-20-44-22-21-43-19-16-33/h2-14H,15-23,33H2,1H3,(H,34,41)(H3,35,36,37,38,39,40). The molecule has 0 spiro atoms. The lowest BCUT2D eigenvalue weighted by Crippen LogP contribution is -2.27. The van der Waals surface area contributed by atoms with Gasteiger partial charge in [-0.1, -0.05) is 42.5 Å². The molecular formula is C32H40N8O4. The molecule has 1 aromatic heterocycles. The van der Waals surface area contributed by atoms with Gasteiger partial charge in [0.15, 0.2) is 0 Å². The van der Waals surface area contributed by atoms with E-state index in [0.29, 0.717) is 76.0 Å². The predicted molar refractivity (Wildman–Crippen MR) is 172 cm³/mol. The molecule has 44 heavy (non-hydrogen) atoms. The molecule has 0 unspecified atom stereocenters. The number of amides is 1. The fourth-order valence-electron chi connectivity index (χ4n) is 4.06. The quantitative estimate of drug-likeness (QED) is 0.100. The first-order valence-electron chi connectivity index (χ1n) is 14.5. The summed E-state index contributed by atoms with van der Waals surface area (Å²) in [5, 5.41) is 12.7. The summed E-state index contributed by atoms with van der Waals surface area (Å²) in [6, 6.07) is 25.1. The number of nitrogens with two attached hydrogens (primary N) is 1. The molecule has 0 saturated heterocycles. The summed E-state index contributed by atoms with van der Waals surface area (Å²) in [7, 11) is 1.64. The van der Waals surface area contributed by atoms with Gasteiger partial charge in [0.2, 0.25) is 17.8 Å². The zero-order chi connectivity index (χ0) is 30.8. The second-order valence-electron chi connectivity index (χ2n) is 9.64. The average molecular weight is 601 g/mol. The van der Waals surface area contributed by atoms with Crippen molar-refractivity contribution in [2.75, 3.05) is 69.1 Å². The molecule has 0 saturated carbocycles. The molecule has 1 heterocycles. The van der Waals surface area contributed by atoms with Gasteiger partial charge in [0.1, 0.15) is 5.75 Å². The van der Waals surface area contributed by atoms with E-state index in [1.807, 2.05) is 42.5 Å². The molecule has 4 rings (SSSR count). The number of hydrogen-bond donors (Lipinski definition) is 5. The van der Waals surface area contributed by atoms with Crippen molar-refractivity contribution in [3.8, 4) is 5.75 Å². The summed E-state index contributed by atoms with van der Waals surface area (Å²) in [5.74, 6) is 1.84. The monoisotopic (exact) mass is 600 g/mol. The van der Waals surface area contributed by atoms with E-state index < -0.39 is 0 Å². The van der Waals surface area contributed by atoms with Gasteiger partial charge in [-0.05, 0) is 53.9 Å². The van der Waals surface area contributed by atoms with Crippen LogP contribution in [0.2, 0.25) is 0 Å². The van der Waals surface area contributed by atoms with E-state index >= 15 is 0 Å². The Kier molecular flexibility index (Phi) is 13.2. The van der Waals surface area contributed by atoms with Crippen LogP contribution in [-0.2, 0) is 22.4 Å². The lowest BCUT2D eigenvalue weighted by atomic mass is 10.1. The minimum Gasteiger partial charge on any atom is -0.497 e. The number of nitrogens with zero attached hydrogens (tertiary/aromatic N) is 3. The molecule has 1 amide bonds. The van der Waals surface area contributed by atoms with Crippen LogP contribution in [0.3, 0.4) is 0 Å². The van der Waals surface area contributed by atoms with Crippen molar-refractivity contribution in [3.63, 3.8) is 0 Å². The maximum Gasteiger partial charge on any atom is 0.251 e. The SMILES string of the molecule is COc1ccc(CNc2nc(NCCc3ccccc3)nc(Nc3ccc(C(=O)NCCOCCOCCN)cc3)n2)cc1. The number of aromatic nitrogens is 3. The molecule has 0 atom stereocenters. The second kappa shape index (κ2) is 18.0. The normalized spacial score (nSPS) is 10.7. The third kappa shape index (κ3) is 11.1. The Balaban J connectivity index is 1.34. The molecule has 3 aromatic carbocycles. The minimum atomic E-state index is -0.186. The Morgan fingerprint density at radius 1 is 0.727 bits per heavy atom. The van der Waals surface area contributed by atoms with E-state index in [0.717, 1.165) is 23.4 Å². The van der Waals surface area contributed by atoms with Crippen LogP contribution in [0.1, 0.15) is 21.5 Å². The molecule has 0 radical (unpaired) electrons. The van der Waals surface area contributed by atoms with Crippen LogP contribution < -0.4 is 31.7 Å². The molecule has 0 fully saturated rings. The maximum absolute atomic E-state index is 12.5. The Hall–Kier alpha value is -4.78. The van der Waals surface area contributed by atoms with E-state index in [-0.39, 0.29) is 5.91 Å². The first-order valence-corrected chi connectivity index (χ1v) is 14.5. The Labute approximate surface area is 257 Å². The van der Waals surface area contributed by atoms with Crippen LogP contribution in [0, 0.1) is 0 Å². The summed E-state index contributed by atoms with van der Waals surface area (Å²) < 4.78 is 15.9. The van der Waals surface area contributed by atoms with Crippen molar-refractivity contribution in [1.29, 1.82) is 0 Å². The topological polar surface area (TPSA) is 158 Å². The van der Waals surface area contributed by atoms with Crippen LogP contribution in [0.15, 0.2) is 78.9 Å². The minimum absolute atomic E-state index is 0.186. The highest BCUT2D eigenvalue weighted by Gasteiger charge is 2.09. The molecule has 12 heteroatoms. The van der Waals surface area contributed by atoms with Gasteiger partial charge in [0.25, 0.3) is 5.91 Å². The average Bonchev–Trinajstić information content (AvgIpc) is 3.06. The first kappa shape index (κ1) is 32.1. The number of benzene rings is 3. The Morgan fingerprint density at radius 3 is 2.11 bits per heavy atom. The number of ether oxygens (including phenoxy) is 3. The van der Waals surface area contributed by atoms with Crippen molar-refractivity contribution < 1.29 is 19.0 Å². The van der Waals surface area contributed by atoms with Gasteiger partial charge in [0, 0.05) is 37.4 Å². The van der Waals surface area contributed by atoms with Gasteiger partial charge in [-0.2, -0.15) is 15.0 Å². The van der Waals surface area contributed by atoms with E-state index in [1.165, 1.54) is 5.56 Å². The highest BCUT2D eigenvalue weighted by molar-refractivity contribution is 5.94. The zero-order valence-electron chi connectivity index (χ0n) is 24.9. The number of nitrogens with one attached hydrogen (secondary N) is 4. The van der Waals surface area contributed by atoms with Gasteiger partial charge in [-0.15, -0.1) is 0 Å². The Morgan fingerprint density at radius 2 is 1.41 bits per heavy atom. The van der Waals surface area contributed by atoms with Crippen molar-refractivity contribution in [3.05, 3.63) is 95.6 Å². The molecule has 0 aliphatic rings. The lowest BCUT2D eigenvalue weighted by Gasteiger charge is -2.12. The molecule has 232 valence electrons. The predicted octanol–water partition coefficient (Wildman–Crippen LogP) is 3.61. The molecule has 4 aromatic rings. The summed E-state index contributed by atoms with van der Waals surface area (Å²) in [6.07, 6.45) is 0.822. The summed E-state index contributed by atoms with van der Waals surface area (Å²) in [6.45, 7) is 3.89. The molecule has 6 N–H and O–H groups in total. The van der Waals surface area contributed by atoms with E-state index in [1.54, 1.807) is 31.4 Å². The molecule has 0 aliphatic carbocycles. The number of hydrogen-bond acceptors (Lipinski definition) is 11.